The first kappa shape index (κ1) is 11.8. The van der Waals surface area contributed by atoms with Crippen LogP contribution in [0.5, 0.6) is 0 Å². The van der Waals surface area contributed by atoms with Gasteiger partial charge in [0.05, 0.1) is 6.10 Å². The van der Waals surface area contributed by atoms with E-state index in [9.17, 15) is 5.11 Å². The molecule has 0 aliphatic carbocycles. The topological polar surface area (TPSA) is 33.1 Å². The van der Waals surface area contributed by atoms with Gasteiger partial charge in [-0.2, -0.15) is 0 Å². The summed E-state index contributed by atoms with van der Waals surface area (Å²) in [7, 11) is 0. The van der Waals surface area contributed by atoms with Crippen molar-refractivity contribution in [2.45, 2.75) is 19.4 Å². The van der Waals surface area contributed by atoms with E-state index in [-0.39, 0.29) is 0 Å². The van der Waals surface area contributed by atoms with Gasteiger partial charge in [-0.3, -0.25) is 4.98 Å². The van der Waals surface area contributed by atoms with Crippen LogP contribution < -0.4 is 0 Å². The second-order valence-electron chi connectivity index (χ2n) is 4.28. The zero-order valence-corrected chi connectivity index (χ0v) is 11.6. The van der Waals surface area contributed by atoms with Gasteiger partial charge in [0.15, 0.2) is 0 Å². The van der Waals surface area contributed by atoms with Crippen molar-refractivity contribution in [2.75, 3.05) is 0 Å². The van der Waals surface area contributed by atoms with E-state index in [2.05, 4.69) is 22.5 Å². The summed E-state index contributed by atoms with van der Waals surface area (Å²) in [5.74, 6) is 0. The third-order valence-corrected chi connectivity index (χ3v) is 5.19. The van der Waals surface area contributed by atoms with E-state index in [1.54, 1.807) is 28.9 Å². The molecule has 0 amide bonds. The Hall–Kier alpha value is -1.23. The highest BCUT2D eigenvalue weighted by Crippen LogP contribution is 2.34. The fraction of sp³-hybridized carbons (Fsp3) is 0.214. The second-order valence-corrected chi connectivity index (χ2v) is 6.35. The van der Waals surface area contributed by atoms with Crippen LogP contribution in [0.15, 0.2) is 35.8 Å². The zero-order valence-electron chi connectivity index (χ0n) is 9.96. The molecule has 0 aliphatic rings. The summed E-state index contributed by atoms with van der Waals surface area (Å²) in [5.41, 5.74) is 2.11. The molecular formula is C14H13NOS2. The monoisotopic (exact) mass is 275 g/mol. The molecule has 0 radical (unpaired) electrons. The first-order valence-electron chi connectivity index (χ1n) is 5.79. The van der Waals surface area contributed by atoms with Crippen LogP contribution in [-0.4, -0.2) is 10.1 Å². The van der Waals surface area contributed by atoms with Crippen LogP contribution in [0.2, 0.25) is 0 Å². The molecule has 1 N–H and O–H groups in total. The summed E-state index contributed by atoms with van der Waals surface area (Å²) in [6.45, 7) is 2.03. The van der Waals surface area contributed by atoms with Crippen LogP contribution in [-0.2, 0) is 6.42 Å². The molecule has 0 aromatic carbocycles. The number of aromatic nitrogens is 1. The fourth-order valence-electron chi connectivity index (χ4n) is 1.96. The van der Waals surface area contributed by atoms with E-state index in [1.807, 2.05) is 19.1 Å². The molecule has 0 fully saturated rings. The van der Waals surface area contributed by atoms with Crippen LogP contribution in [0.3, 0.4) is 0 Å². The average molecular weight is 275 g/mol. The number of rotatable bonds is 3. The van der Waals surface area contributed by atoms with E-state index in [0.717, 1.165) is 16.1 Å². The van der Waals surface area contributed by atoms with Gasteiger partial charge in [0.25, 0.3) is 0 Å². The Morgan fingerprint density at radius 3 is 3.00 bits per heavy atom. The minimum Gasteiger partial charge on any atom is -0.387 e. The Labute approximate surface area is 114 Å². The number of hydrogen-bond acceptors (Lipinski definition) is 4. The highest BCUT2D eigenvalue weighted by molar-refractivity contribution is 7.26. The first-order valence-corrected chi connectivity index (χ1v) is 7.49. The molecule has 3 aromatic heterocycles. The molecule has 2 nitrogen and oxygen atoms in total. The normalized spacial score (nSPS) is 13.0. The average Bonchev–Trinajstić information content (AvgIpc) is 2.92. The number of thiophene rings is 2. The Morgan fingerprint density at radius 2 is 2.22 bits per heavy atom. The molecule has 1 atom stereocenters. The van der Waals surface area contributed by atoms with Crippen LogP contribution in [0, 0.1) is 6.92 Å². The van der Waals surface area contributed by atoms with Gasteiger partial charge in [-0.25, -0.2) is 0 Å². The van der Waals surface area contributed by atoms with Gasteiger partial charge in [-0.1, -0.05) is 6.07 Å². The van der Waals surface area contributed by atoms with E-state index >= 15 is 0 Å². The van der Waals surface area contributed by atoms with E-state index in [4.69, 9.17) is 0 Å². The van der Waals surface area contributed by atoms with Crippen LogP contribution in [0.4, 0.5) is 0 Å². The van der Waals surface area contributed by atoms with Gasteiger partial charge < -0.3 is 5.11 Å². The summed E-state index contributed by atoms with van der Waals surface area (Å²) in [6, 6.07) is 8.15. The highest BCUT2D eigenvalue weighted by Gasteiger charge is 2.14. The molecule has 0 spiro atoms. The molecule has 3 aromatic rings. The number of hydrogen-bond donors (Lipinski definition) is 1. The maximum absolute atomic E-state index is 10.3. The Balaban J connectivity index is 1.85. The van der Waals surface area contributed by atoms with Crippen molar-refractivity contribution >= 4 is 32.1 Å². The molecule has 92 valence electrons. The Kier molecular flexibility index (Phi) is 3.16. The van der Waals surface area contributed by atoms with E-state index in [0.29, 0.717) is 6.42 Å². The highest BCUT2D eigenvalue weighted by atomic mass is 32.1. The molecule has 3 heterocycles. The van der Waals surface area contributed by atoms with E-state index < -0.39 is 6.10 Å². The molecule has 0 saturated carbocycles. The molecule has 0 saturated heterocycles. The largest absolute Gasteiger partial charge is 0.387 e. The van der Waals surface area contributed by atoms with Gasteiger partial charge in [-0.15, -0.1) is 22.7 Å². The minimum atomic E-state index is -0.455. The second kappa shape index (κ2) is 4.80. The summed E-state index contributed by atoms with van der Waals surface area (Å²) in [5, 5.41) is 12.4. The minimum absolute atomic E-state index is 0.455. The number of fused-ring (bicyclic) bond motifs is 1. The Bertz CT molecular complexity index is 643. The SMILES string of the molecule is Cc1cccnc1CC(O)c1cc2sccc2s1. The third-order valence-electron chi connectivity index (χ3n) is 2.99. The van der Waals surface area contributed by atoms with Crippen molar-refractivity contribution in [3.63, 3.8) is 0 Å². The zero-order chi connectivity index (χ0) is 12.5. The van der Waals surface area contributed by atoms with Crippen LogP contribution >= 0.6 is 22.7 Å². The van der Waals surface area contributed by atoms with Crippen molar-refractivity contribution in [3.8, 4) is 0 Å². The summed E-state index contributed by atoms with van der Waals surface area (Å²) >= 11 is 3.39. The van der Waals surface area contributed by atoms with Crippen LogP contribution in [0.25, 0.3) is 9.40 Å². The third kappa shape index (κ3) is 2.19. The van der Waals surface area contributed by atoms with Crippen LogP contribution in [0.1, 0.15) is 22.2 Å². The number of aliphatic hydroxyl groups is 1. The Morgan fingerprint density at radius 1 is 1.33 bits per heavy atom. The lowest BCUT2D eigenvalue weighted by Crippen LogP contribution is -2.03. The predicted molar refractivity (Wildman–Crippen MR) is 77.3 cm³/mol. The number of pyridine rings is 1. The van der Waals surface area contributed by atoms with Gasteiger partial charge >= 0.3 is 0 Å². The quantitative estimate of drug-likeness (QED) is 0.785. The maximum atomic E-state index is 10.3. The summed E-state index contributed by atoms with van der Waals surface area (Å²) in [4.78, 5) is 5.36. The van der Waals surface area contributed by atoms with Crippen molar-refractivity contribution in [2.24, 2.45) is 0 Å². The predicted octanol–water partition coefficient (Wildman–Crippen LogP) is 3.94. The van der Waals surface area contributed by atoms with Crippen molar-refractivity contribution in [1.29, 1.82) is 0 Å². The molecule has 4 heteroatoms. The molecule has 3 rings (SSSR count). The van der Waals surface area contributed by atoms with Gasteiger partial charge in [-0.05, 0) is 36.1 Å². The molecular weight excluding hydrogens is 262 g/mol. The summed E-state index contributed by atoms with van der Waals surface area (Å²) < 4.78 is 2.51. The van der Waals surface area contributed by atoms with Gasteiger partial charge in [0.1, 0.15) is 0 Å². The number of aryl methyl sites for hydroxylation is 1. The van der Waals surface area contributed by atoms with Crippen molar-refractivity contribution < 1.29 is 5.11 Å². The lowest BCUT2D eigenvalue weighted by Gasteiger charge is -2.09. The van der Waals surface area contributed by atoms with Crippen molar-refractivity contribution in [1.82, 2.24) is 4.98 Å². The smallest absolute Gasteiger partial charge is 0.0938 e. The van der Waals surface area contributed by atoms with Crippen molar-refractivity contribution in [3.05, 3.63) is 52.0 Å². The molecule has 0 aliphatic heterocycles. The van der Waals surface area contributed by atoms with Gasteiger partial charge in [0.2, 0.25) is 0 Å². The number of aliphatic hydroxyl groups excluding tert-OH is 1. The maximum Gasteiger partial charge on any atom is 0.0938 e. The molecule has 1 unspecified atom stereocenters. The lowest BCUT2D eigenvalue weighted by molar-refractivity contribution is 0.181. The first-order chi connectivity index (χ1) is 8.74. The fourth-order valence-corrected chi connectivity index (χ4v) is 4.07. The van der Waals surface area contributed by atoms with E-state index in [1.165, 1.54) is 9.40 Å². The lowest BCUT2D eigenvalue weighted by atomic mass is 10.1. The molecule has 18 heavy (non-hydrogen) atoms. The molecule has 0 bridgehead atoms. The number of nitrogens with zero attached hydrogens (tertiary/aromatic N) is 1. The van der Waals surface area contributed by atoms with Gasteiger partial charge in [0, 0.05) is 32.6 Å². The standard InChI is InChI=1S/C14H13NOS2/c1-9-3-2-5-15-10(9)7-11(16)13-8-14-12(18-13)4-6-17-14/h2-6,8,11,16H,7H2,1H3. The summed E-state index contributed by atoms with van der Waals surface area (Å²) in [6.07, 6.45) is 1.91.